The molecule has 3 heterocycles. The van der Waals surface area contributed by atoms with Gasteiger partial charge in [-0.15, -0.1) is 0 Å². The largest absolute Gasteiger partial charge is 0.368 e. The van der Waals surface area contributed by atoms with Crippen LogP contribution in [0.2, 0.25) is 5.02 Å². The molecule has 0 radical (unpaired) electrons. The van der Waals surface area contributed by atoms with Crippen LogP contribution in [0, 0.1) is 0 Å². The fourth-order valence-electron chi connectivity index (χ4n) is 3.57. The Balaban J connectivity index is 1.62. The summed E-state index contributed by atoms with van der Waals surface area (Å²) < 4.78 is 29.5. The minimum absolute atomic E-state index is 0.0856. The minimum atomic E-state index is -3.07. The number of carbonyl (C=O) groups is 1. The number of halogens is 1. The Morgan fingerprint density at radius 1 is 1.35 bits per heavy atom. The fraction of sp³-hybridized carbons (Fsp3) is 0.529. The van der Waals surface area contributed by atoms with Gasteiger partial charge in [0.25, 0.3) is 5.91 Å². The molecular formula is C17H19ClN2O4S2. The molecule has 3 saturated heterocycles. The number of hydrogen-bond acceptors (Lipinski definition) is 5. The number of thioether (sulfide) groups is 1. The van der Waals surface area contributed by atoms with Crippen LogP contribution in [0.15, 0.2) is 29.3 Å². The van der Waals surface area contributed by atoms with Gasteiger partial charge in [-0.1, -0.05) is 41.6 Å². The Hall–Kier alpha value is -1.09. The molecule has 0 unspecified atom stereocenters. The summed E-state index contributed by atoms with van der Waals surface area (Å²) >= 11 is 7.66. The van der Waals surface area contributed by atoms with Crippen LogP contribution in [-0.4, -0.2) is 59.9 Å². The summed E-state index contributed by atoms with van der Waals surface area (Å²) in [6.45, 7) is 1.02. The van der Waals surface area contributed by atoms with Gasteiger partial charge in [-0.05, 0) is 24.5 Å². The van der Waals surface area contributed by atoms with Crippen LogP contribution >= 0.6 is 23.4 Å². The lowest BCUT2D eigenvalue weighted by molar-refractivity contribution is -0.126. The summed E-state index contributed by atoms with van der Waals surface area (Å²) in [5, 5.41) is 1.10. The maximum atomic E-state index is 12.4. The number of amidine groups is 1. The molecule has 1 aromatic carbocycles. The Labute approximate surface area is 161 Å². The number of ether oxygens (including phenoxy) is 1. The Bertz CT molecular complexity index is 852. The second-order valence-electron chi connectivity index (χ2n) is 6.75. The van der Waals surface area contributed by atoms with Gasteiger partial charge in [0.15, 0.2) is 15.0 Å². The van der Waals surface area contributed by atoms with Crippen molar-refractivity contribution in [3.63, 3.8) is 0 Å². The highest BCUT2D eigenvalue weighted by molar-refractivity contribution is 8.15. The van der Waals surface area contributed by atoms with Crippen LogP contribution in [0.1, 0.15) is 18.4 Å². The number of rotatable bonds is 3. The van der Waals surface area contributed by atoms with Gasteiger partial charge in [-0.3, -0.25) is 4.79 Å². The van der Waals surface area contributed by atoms with Crippen molar-refractivity contribution in [3.05, 3.63) is 34.9 Å². The van der Waals surface area contributed by atoms with Gasteiger partial charge in [0.2, 0.25) is 0 Å². The average molecular weight is 415 g/mol. The van der Waals surface area contributed by atoms with Gasteiger partial charge in [0.1, 0.15) is 6.10 Å². The van der Waals surface area contributed by atoms with Gasteiger partial charge in [-0.25, -0.2) is 8.42 Å². The molecule has 3 atom stereocenters. The molecule has 0 aromatic heterocycles. The minimum Gasteiger partial charge on any atom is -0.368 e. The predicted octanol–water partition coefficient (Wildman–Crippen LogP) is 2.12. The number of nitrogens with zero attached hydrogens (tertiary/aromatic N) is 2. The monoisotopic (exact) mass is 414 g/mol. The summed E-state index contributed by atoms with van der Waals surface area (Å²) in [4.78, 5) is 18.6. The first kappa shape index (κ1) is 18.3. The SMILES string of the molecule is O=C(N=C1S[C@H]2CS(=O)(=O)C[C@@H]2N1Cc1ccccc1Cl)[C@@H]1CCCO1. The zero-order valence-electron chi connectivity index (χ0n) is 14.0. The molecule has 3 aliphatic heterocycles. The van der Waals surface area contributed by atoms with Gasteiger partial charge in [0, 0.05) is 23.4 Å². The Morgan fingerprint density at radius 3 is 2.88 bits per heavy atom. The van der Waals surface area contributed by atoms with Crippen molar-refractivity contribution in [2.24, 2.45) is 4.99 Å². The summed E-state index contributed by atoms with van der Waals surface area (Å²) in [6, 6.07) is 7.27. The van der Waals surface area contributed by atoms with E-state index < -0.39 is 15.9 Å². The van der Waals surface area contributed by atoms with Crippen LogP contribution in [0.25, 0.3) is 0 Å². The van der Waals surface area contributed by atoms with Gasteiger partial charge in [0.05, 0.1) is 17.5 Å². The number of carbonyl (C=O) groups excluding carboxylic acids is 1. The zero-order valence-corrected chi connectivity index (χ0v) is 16.4. The van der Waals surface area contributed by atoms with E-state index in [0.717, 1.165) is 12.0 Å². The van der Waals surface area contributed by atoms with Crippen LogP contribution < -0.4 is 0 Å². The third-order valence-electron chi connectivity index (χ3n) is 4.88. The summed E-state index contributed by atoms with van der Waals surface area (Å²) in [5.74, 6) is -0.0755. The summed E-state index contributed by atoms with van der Waals surface area (Å²) in [7, 11) is -3.07. The molecule has 140 valence electrons. The lowest BCUT2D eigenvalue weighted by Crippen LogP contribution is -2.37. The molecule has 26 heavy (non-hydrogen) atoms. The number of benzene rings is 1. The number of amides is 1. The smallest absolute Gasteiger partial charge is 0.277 e. The molecule has 9 heteroatoms. The molecule has 0 bridgehead atoms. The molecule has 0 saturated carbocycles. The zero-order chi connectivity index (χ0) is 18.3. The van der Waals surface area contributed by atoms with E-state index in [-0.39, 0.29) is 28.7 Å². The Kier molecular flexibility index (Phi) is 5.02. The molecule has 1 aromatic rings. The van der Waals surface area contributed by atoms with Crippen LogP contribution in [0.5, 0.6) is 0 Å². The molecule has 0 aliphatic carbocycles. The topological polar surface area (TPSA) is 76.0 Å². The summed E-state index contributed by atoms with van der Waals surface area (Å²) in [5.41, 5.74) is 0.886. The summed E-state index contributed by atoms with van der Waals surface area (Å²) in [6.07, 6.45) is 1.07. The standard InChI is InChI=1S/C17H19ClN2O4S2/c18-12-5-2-1-4-11(12)8-20-13-9-26(22,23)10-15(13)25-17(20)19-16(21)14-6-3-7-24-14/h1-2,4-5,13-15H,3,6-10H2/t13-,14-,15-/m0/s1. The number of hydrogen-bond donors (Lipinski definition) is 0. The van der Waals surface area contributed by atoms with Gasteiger partial charge >= 0.3 is 0 Å². The van der Waals surface area contributed by atoms with Crippen molar-refractivity contribution < 1.29 is 17.9 Å². The fourth-order valence-corrected chi connectivity index (χ4v) is 7.72. The first-order chi connectivity index (χ1) is 12.4. The molecule has 0 spiro atoms. The molecule has 4 rings (SSSR count). The van der Waals surface area contributed by atoms with Gasteiger partial charge in [-0.2, -0.15) is 4.99 Å². The average Bonchev–Trinajstić information content (AvgIpc) is 3.27. The van der Waals surface area contributed by atoms with E-state index in [9.17, 15) is 13.2 Å². The third-order valence-corrected chi connectivity index (χ3v) is 8.50. The van der Waals surface area contributed by atoms with Crippen LogP contribution in [0.3, 0.4) is 0 Å². The van der Waals surface area contributed by atoms with E-state index in [0.29, 0.717) is 29.8 Å². The van der Waals surface area contributed by atoms with Crippen molar-refractivity contribution in [1.29, 1.82) is 0 Å². The van der Waals surface area contributed by atoms with Gasteiger partial charge < -0.3 is 9.64 Å². The normalized spacial score (nSPS) is 31.5. The van der Waals surface area contributed by atoms with Crippen LogP contribution in [-0.2, 0) is 25.9 Å². The van der Waals surface area contributed by atoms with Crippen LogP contribution in [0.4, 0.5) is 0 Å². The molecule has 0 N–H and O–H groups in total. The quantitative estimate of drug-likeness (QED) is 0.754. The first-order valence-corrected chi connectivity index (χ1v) is 11.6. The molecule has 3 fully saturated rings. The second-order valence-corrected chi connectivity index (χ2v) is 10.5. The molecule has 3 aliphatic rings. The predicted molar refractivity (Wildman–Crippen MR) is 102 cm³/mol. The highest BCUT2D eigenvalue weighted by atomic mass is 35.5. The number of aliphatic imine (C=N–C) groups is 1. The molecule has 1 amide bonds. The third kappa shape index (κ3) is 3.65. The van der Waals surface area contributed by atoms with Crippen molar-refractivity contribution >= 4 is 44.3 Å². The second kappa shape index (κ2) is 7.14. The van der Waals surface area contributed by atoms with Crippen molar-refractivity contribution in [1.82, 2.24) is 4.90 Å². The lowest BCUT2D eigenvalue weighted by Gasteiger charge is -2.25. The van der Waals surface area contributed by atoms with E-state index in [4.69, 9.17) is 16.3 Å². The van der Waals surface area contributed by atoms with E-state index in [1.54, 1.807) is 6.07 Å². The van der Waals surface area contributed by atoms with E-state index in [1.807, 2.05) is 23.1 Å². The number of fused-ring (bicyclic) bond motifs is 1. The van der Waals surface area contributed by atoms with E-state index in [1.165, 1.54) is 11.8 Å². The maximum Gasteiger partial charge on any atom is 0.277 e. The highest BCUT2D eigenvalue weighted by Crippen LogP contribution is 2.39. The molecule has 6 nitrogen and oxygen atoms in total. The lowest BCUT2D eigenvalue weighted by atomic mass is 10.1. The van der Waals surface area contributed by atoms with Crippen molar-refractivity contribution in [2.45, 2.75) is 36.8 Å². The maximum absolute atomic E-state index is 12.4. The Morgan fingerprint density at radius 2 is 2.15 bits per heavy atom. The number of sulfone groups is 1. The van der Waals surface area contributed by atoms with E-state index in [2.05, 4.69) is 4.99 Å². The van der Waals surface area contributed by atoms with Crippen molar-refractivity contribution in [3.8, 4) is 0 Å². The van der Waals surface area contributed by atoms with Crippen molar-refractivity contribution in [2.75, 3.05) is 18.1 Å². The highest BCUT2D eigenvalue weighted by Gasteiger charge is 2.49. The first-order valence-electron chi connectivity index (χ1n) is 8.54. The van der Waals surface area contributed by atoms with E-state index >= 15 is 0 Å². The molecular weight excluding hydrogens is 396 g/mol.